The molecule has 0 radical (unpaired) electrons. The van der Waals surface area contributed by atoms with Gasteiger partial charge in [0, 0.05) is 19.7 Å². The molecule has 3 heterocycles. The summed E-state index contributed by atoms with van der Waals surface area (Å²) in [5.41, 5.74) is 2.67. The van der Waals surface area contributed by atoms with Gasteiger partial charge in [-0.1, -0.05) is 11.2 Å². The fraction of sp³-hybridized carbons (Fsp3) is 0.304. The van der Waals surface area contributed by atoms with Crippen molar-refractivity contribution >= 4 is 33.3 Å². The zero-order valence-corrected chi connectivity index (χ0v) is 19.7. The van der Waals surface area contributed by atoms with E-state index in [1.54, 1.807) is 32.2 Å². The number of fused-ring (bicyclic) bond motifs is 1. The summed E-state index contributed by atoms with van der Waals surface area (Å²) in [6.07, 6.45) is 3.78. The Morgan fingerprint density at radius 2 is 2.00 bits per heavy atom. The summed E-state index contributed by atoms with van der Waals surface area (Å²) in [4.78, 5) is 24.9. The number of rotatable bonds is 9. The average Bonchev–Trinajstić information content (AvgIpc) is 3.46. The zero-order valence-electron chi connectivity index (χ0n) is 18.9. The average molecular weight is 468 g/mol. The summed E-state index contributed by atoms with van der Waals surface area (Å²) in [5.74, 6) is 2.03. The van der Waals surface area contributed by atoms with E-state index in [0.717, 1.165) is 27.8 Å². The third-order valence-corrected chi connectivity index (χ3v) is 6.50. The third kappa shape index (κ3) is 4.75. The number of amides is 1. The molecule has 4 rings (SSSR count). The van der Waals surface area contributed by atoms with Crippen molar-refractivity contribution in [2.75, 3.05) is 33.1 Å². The topological polar surface area (TPSA) is 103 Å². The monoisotopic (exact) mass is 467 g/mol. The lowest BCUT2D eigenvalue weighted by Gasteiger charge is -2.15. The van der Waals surface area contributed by atoms with Crippen LogP contribution in [0.4, 0.5) is 5.82 Å². The van der Waals surface area contributed by atoms with E-state index in [4.69, 9.17) is 14.0 Å². The molecule has 1 amide bonds. The summed E-state index contributed by atoms with van der Waals surface area (Å²) in [7, 11) is 4.99. The van der Waals surface area contributed by atoms with Crippen molar-refractivity contribution in [2.24, 2.45) is 0 Å². The molecule has 0 aliphatic rings. The molecular weight excluding hydrogens is 442 g/mol. The van der Waals surface area contributed by atoms with Crippen molar-refractivity contribution in [3.63, 3.8) is 0 Å². The lowest BCUT2D eigenvalue weighted by molar-refractivity contribution is 0.0786. The lowest BCUT2D eigenvalue weighted by Crippen LogP contribution is -2.26. The molecule has 0 fully saturated rings. The molecule has 0 bridgehead atoms. The van der Waals surface area contributed by atoms with Crippen molar-refractivity contribution in [3.8, 4) is 11.5 Å². The number of carbonyl (C=O) groups excluding carboxylic acids is 1. The highest BCUT2D eigenvalue weighted by Crippen LogP contribution is 2.34. The van der Waals surface area contributed by atoms with Crippen LogP contribution in [0.3, 0.4) is 0 Å². The van der Waals surface area contributed by atoms with Gasteiger partial charge in [-0.2, -0.15) is 0 Å². The van der Waals surface area contributed by atoms with Crippen LogP contribution in [-0.2, 0) is 13.0 Å². The summed E-state index contributed by atoms with van der Waals surface area (Å²) in [6.45, 7) is 2.95. The summed E-state index contributed by atoms with van der Waals surface area (Å²) in [6, 6.07) is 7.62. The van der Waals surface area contributed by atoms with Gasteiger partial charge in [-0.3, -0.25) is 4.79 Å². The van der Waals surface area contributed by atoms with E-state index in [2.05, 4.69) is 20.4 Å². The van der Waals surface area contributed by atoms with E-state index in [1.165, 1.54) is 23.9 Å². The summed E-state index contributed by atoms with van der Waals surface area (Å²) in [5, 5.41) is 8.14. The molecule has 0 atom stereocenters. The van der Waals surface area contributed by atoms with Crippen LogP contribution >= 0.6 is 11.3 Å². The number of nitrogens with one attached hydrogen (secondary N) is 1. The molecule has 4 aromatic rings. The fourth-order valence-corrected chi connectivity index (χ4v) is 4.72. The Kier molecular flexibility index (Phi) is 6.74. The highest BCUT2D eigenvalue weighted by atomic mass is 32.1. The second-order valence-corrected chi connectivity index (χ2v) is 8.48. The van der Waals surface area contributed by atoms with Crippen LogP contribution in [0.5, 0.6) is 11.5 Å². The third-order valence-electron chi connectivity index (χ3n) is 5.31. The number of benzene rings is 1. The largest absolute Gasteiger partial charge is 0.493 e. The maximum absolute atomic E-state index is 13.1. The molecule has 0 saturated carbocycles. The number of hydrogen-bond acceptors (Lipinski definition) is 9. The van der Waals surface area contributed by atoms with Crippen molar-refractivity contribution in [3.05, 3.63) is 58.6 Å². The van der Waals surface area contributed by atoms with Crippen molar-refractivity contribution < 1.29 is 18.8 Å². The van der Waals surface area contributed by atoms with E-state index in [9.17, 15) is 4.79 Å². The van der Waals surface area contributed by atoms with Gasteiger partial charge in [-0.25, -0.2) is 9.97 Å². The number of nitrogens with zero attached hydrogens (tertiary/aromatic N) is 4. The molecule has 0 unspecified atom stereocenters. The first-order chi connectivity index (χ1) is 16.0. The molecule has 0 aliphatic carbocycles. The SMILES string of the molecule is COc1ccc(CCNc2ncnc3sc(C(=O)N(C)Cc4ccon4)c(C)c23)cc1OC. The Hall–Kier alpha value is -3.66. The molecule has 3 aromatic heterocycles. The van der Waals surface area contributed by atoms with Gasteiger partial charge in [0.25, 0.3) is 5.91 Å². The zero-order chi connectivity index (χ0) is 23.4. The van der Waals surface area contributed by atoms with Crippen LogP contribution in [0.15, 0.2) is 41.4 Å². The first kappa shape index (κ1) is 22.5. The Labute approximate surface area is 195 Å². The van der Waals surface area contributed by atoms with Gasteiger partial charge in [0.1, 0.15) is 28.9 Å². The quantitative estimate of drug-likeness (QED) is 0.395. The smallest absolute Gasteiger partial charge is 0.264 e. The molecule has 0 spiro atoms. The van der Waals surface area contributed by atoms with Crippen molar-refractivity contribution in [1.29, 1.82) is 0 Å². The van der Waals surface area contributed by atoms with Crippen LogP contribution in [0.2, 0.25) is 0 Å². The minimum absolute atomic E-state index is 0.0882. The number of aromatic nitrogens is 3. The highest BCUT2D eigenvalue weighted by Gasteiger charge is 2.22. The number of thiophene rings is 1. The van der Waals surface area contributed by atoms with Gasteiger partial charge in [-0.05, 0) is 36.6 Å². The Bertz CT molecular complexity index is 1260. The molecule has 9 nitrogen and oxygen atoms in total. The predicted molar refractivity (Wildman–Crippen MR) is 126 cm³/mol. The maximum atomic E-state index is 13.1. The molecular formula is C23H25N5O4S. The molecule has 172 valence electrons. The van der Waals surface area contributed by atoms with E-state index >= 15 is 0 Å². The van der Waals surface area contributed by atoms with E-state index in [-0.39, 0.29) is 5.91 Å². The van der Waals surface area contributed by atoms with Crippen molar-refractivity contribution in [1.82, 2.24) is 20.0 Å². The highest BCUT2D eigenvalue weighted by molar-refractivity contribution is 7.20. The van der Waals surface area contributed by atoms with Crippen molar-refractivity contribution in [2.45, 2.75) is 19.9 Å². The number of hydrogen-bond donors (Lipinski definition) is 1. The maximum Gasteiger partial charge on any atom is 0.264 e. The number of methoxy groups -OCH3 is 2. The van der Waals surface area contributed by atoms with Crippen LogP contribution < -0.4 is 14.8 Å². The Morgan fingerprint density at radius 3 is 2.73 bits per heavy atom. The standard InChI is InChI=1S/C23H25N5O4S/c1-14-19-21(24-9-7-15-5-6-17(30-3)18(11-15)31-4)25-13-26-22(19)33-20(14)23(29)28(2)12-16-8-10-32-27-16/h5-6,8,10-11,13H,7,9,12H2,1-4H3,(H,24,25,26). The number of carbonyl (C=O) groups is 1. The normalized spacial score (nSPS) is 10.9. The van der Waals surface area contributed by atoms with Gasteiger partial charge < -0.3 is 24.2 Å². The van der Waals surface area contributed by atoms with Gasteiger partial charge in [0.2, 0.25) is 0 Å². The number of aryl methyl sites for hydroxylation is 1. The van der Waals surface area contributed by atoms with Gasteiger partial charge in [0.15, 0.2) is 11.5 Å². The fourth-order valence-electron chi connectivity index (χ4n) is 3.58. The molecule has 1 N–H and O–H groups in total. The Balaban J connectivity index is 1.50. The molecule has 0 aliphatic heterocycles. The minimum atomic E-state index is -0.0882. The van der Waals surface area contributed by atoms with Gasteiger partial charge >= 0.3 is 0 Å². The van der Waals surface area contributed by atoms with Crippen LogP contribution in [0.25, 0.3) is 10.2 Å². The second-order valence-electron chi connectivity index (χ2n) is 7.48. The summed E-state index contributed by atoms with van der Waals surface area (Å²) < 4.78 is 15.5. The van der Waals surface area contributed by atoms with E-state index in [1.807, 2.05) is 25.1 Å². The first-order valence-electron chi connectivity index (χ1n) is 10.4. The van der Waals surface area contributed by atoms with E-state index < -0.39 is 0 Å². The molecule has 33 heavy (non-hydrogen) atoms. The lowest BCUT2D eigenvalue weighted by atomic mass is 10.1. The number of anilines is 1. The molecule has 0 saturated heterocycles. The van der Waals surface area contributed by atoms with E-state index in [0.29, 0.717) is 41.0 Å². The molecule has 1 aromatic carbocycles. The van der Waals surface area contributed by atoms with Crippen LogP contribution in [-0.4, -0.2) is 53.7 Å². The number of ether oxygens (including phenoxy) is 2. The van der Waals surface area contributed by atoms with Gasteiger partial charge in [-0.15, -0.1) is 11.3 Å². The molecule has 10 heteroatoms. The summed E-state index contributed by atoms with van der Waals surface area (Å²) >= 11 is 1.37. The van der Waals surface area contributed by atoms with Crippen LogP contribution in [0, 0.1) is 6.92 Å². The first-order valence-corrected chi connectivity index (χ1v) is 11.2. The van der Waals surface area contributed by atoms with Crippen LogP contribution in [0.1, 0.15) is 26.5 Å². The predicted octanol–water partition coefficient (Wildman–Crippen LogP) is 3.93. The second kappa shape index (κ2) is 9.86. The minimum Gasteiger partial charge on any atom is -0.493 e. The Morgan fingerprint density at radius 1 is 1.18 bits per heavy atom. The van der Waals surface area contributed by atoms with Gasteiger partial charge in [0.05, 0.1) is 31.0 Å².